The van der Waals surface area contributed by atoms with Gasteiger partial charge in [-0.1, -0.05) is 55.1 Å². The van der Waals surface area contributed by atoms with Crippen molar-refractivity contribution in [2.45, 2.75) is 24.7 Å². The van der Waals surface area contributed by atoms with Crippen molar-refractivity contribution >= 4 is 11.9 Å². The maximum absolute atomic E-state index is 12.8. The Hall–Kier alpha value is -3.12. The number of carbonyl (C=O) groups is 2. The Bertz CT molecular complexity index is 836. The number of hydrogen-bond donors (Lipinski definition) is 2. The Labute approximate surface area is 177 Å². The van der Waals surface area contributed by atoms with Crippen LogP contribution in [0.25, 0.3) is 0 Å². The third-order valence-electron chi connectivity index (χ3n) is 5.09. The molecule has 0 saturated carbocycles. The van der Waals surface area contributed by atoms with Crippen LogP contribution in [0.2, 0.25) is 0 Å². The minimum atomic E-state index is -0.624. The van der Waals surface area contributed by atoms with Crippen LogP contribution in [0.3, 0.4) is 0 Å². The monoisotopic (exact) mass is 411 g/mol. The molecule has 6 nitrogen and oxygen atoms in total. The topological polar surface area (TPSA) is 84.9 Å². The summed E-state index contributed by atoms with van der Waals surface area (Å²) in [7, 11) is 1.51. The molecule has 1 unspecified atom stereocenters. The Morgan fingerprint density at radius 1 is 1.10 bits per heavy atom. The fraction of sp³-hybridized carbons (Fsp3) is 0.333. The second kappa shape index (κ2) is 11.8. The zero-order chi connectivity index (χ0) is 21.8. The van der Waals surface area contributed by atoms with Crippen LogP contribution in [0.4, 0.5) is 0 Å². The van der Waals surface area contributed by atoms with Crippen molar-refractivity contribution < 1.29 is 24.2 Å². The van der Waals surface area contributed by atoms with E-state index in [1.165, 1.54) is 13.2 Å². The fourth-order valence-corrected chi connectivity index (χ4v) is 3.44. The summed E-state index contributed by atoms with van der Waals surface area (Å²) in [4.78, 5) is 24.9. The molecule has 0 saturated heterocycles. The number of ether oxygens (including phenoxy) is 2. The molecule has 0 fully saturated rings. The summed E-state index contributed by atoms with van der Waals surface area (Å²) >= 11 is 0. The van der Waals surface area contributed by atoms with Gasteiger partial charge in [-0.25, -0.2) is 0 Å². The number of carbonyl (C=O) groups excluding carboxylic acids is 2. The van der Waals surface area contributed by atoms with Gasteiger partial charge in [0.15, 0.2) is 0 Å². The molecule has 0 heterocycles. The highest BCUT2D eigenvalue weighted by atomic mass is 16.5. The molecule has 0 aliphatic carbocycles. The van der Waals surface area contributed by atoms with Gasteiger partial charge in [0, 0.05) is 25.0 Å². The van der Waals surface area contributed by atoms with Gasteiger partial charge in [0.2, 0.25) is 0 Å². The normalized spacial score (nSPS) is 12.5. The Morgan fingerprint density at radius 2 is 1.80 bits per heavy atom. The summed E-state index contributed by atoms with van der Waals surface area (Å²) in [6.07, 6.45) is 2.48. The highest BCUT2D eigenvalue weighted by Crippen LogP contribution is 2.33. The first kappa shape index (κ1) is 23.2. The minimum Gasteiger partial charge on any atom is -0.496 e. The second-order valence-electron chi connectivity index (χ2n) is 6.97. The largest absolute Gasteiger partial charge is 0.496 e. The van der Waals surface area contributed by atoms with Crippen LogP contribution >= 0.6 is 0 Å². The van der Waals surface area contributed by atoms with Crippen LogP contribution in [0.5, 0.6) is 5.75 Å². The van der Waals surface area contributed by atoms with Crippen LogP contribution in [-0.4, -0.2) is 43.9 Å². The van der Waals surface area contributed by atoms with E-state index in [-0.39, 0.29) is 38.1 Å². The van der Waals surface area contributed by atoms with Crippen molar-refractivity contribution in [1.82, 2.24) is 5.32 Å². The van der Waals surface area contributed by atoms with E-state index in [1.807, 2.05) is 30.3 Å². The van der Waals surface area contributed by atoms with Gasteiger partial charge in [-0.2, -0.15) is 0 Å². The molecule has 0 aliphatic rings. The second-order valence-corrected chi connectivity index (χ2v) is 6.97. The third kappa shape index (κ3) is 6.19. The zero-order valence-electron chi connectivity index (χ0n) is 17.3. The lowest BCUT2D eigenvalue weighted by Gasteiger charge is -2.34. The van der Waals surface area contributed by atoms with E-state index in [0.717, 1.165) is 5.56 Å². The molecule has 6 heteroatoms. The summed E-state index contributed by atoms with van der Waals surface area (Å²) in [5.41, 5.74) is 0.744. The molecule has 2 rings (SSSR count). The first-order valence-corrected chi connectivity index (χ1v) is 9.90. The van der Waals surface area contributed by atoms with Gasteiger partial charge < -0.3 is 19.9 Å². The Kier molecular flexibility index (Phi) is 9.09. The van der Waals surface area contributed by atoms with E-state index in [0.29, 0.717) is 24.2 Å². The molecule has 160 valence electrons. The number of methoxy groups -OCH3 is 1. The molecule has 0 aromatic heterocycles. The summed E-state index contributed by atoms with van der Waals surface area (Å²) in [6, 6.07) is 16.6. The standard InChI is InChI=1S/C24H29NO5/c1-3-17-30-22(27)13-14-24(15-16-26,19-9-5-4-6-10-19)18-25-23(28)20-11-7-8-12-21(20)29-2/h3-12,26H,1,13-18H2,2H3,(H,25,28). The predicted octanol–water partition coefficient (Wildman–Crippen LogP) is 3.25. The average Bonchev–Trinajstić information content (AvgIpc) is 2.79. The van der Waals surface area contributed by atoms with E-state index in [2.05, 4.69) is 11.9 Å². The molecule has 0 aliphatic heterocycles. The van der Waals surface area contributed by atoms with Crippen molar-refractivity contribution in [2.24, 2.45) is 0 Å². The fourth-order valence-electron chi connectivity index (χ4n) is 3.44. The SMILES string of the molecule is C=CCOC(=O)CCC(CCO)(CNC(=O)c1ccccc1OC)c1ccccc1. The van der Waals surface area contributed by atoms with Crippen LogP contribution < -0.4 is 10.1 Å². The number of aliphatic hydroxyl groups excluding tert-OH is 1. The smallest absolute Gasteiger partial charge is 0.306 e. The van der Waals surface area contributed by atoms with Gasteiger partial charge in [0.1, 0.15) is 12.4 Å². The molecule has 30 heavy (non-hydrogen) atoms. The van der Waals surface area contributed by atoms with E-state index >= 15 is 0 Å². The number of benzene rings is 2. The maximum atomic E-state index is 12.8. The average molecular weight is 411 g/mol. The van der Waals surface area contributed by atoms with Crippen LogP contribution in [0.1, 0.15) is 35.2 Å². The van der Waals surface area contributed by atoms with Gasteiger partial charge in [0.25, 0.3) is 5.91 Å². The summed E-state index contributed by atoms with van der Waals surface area (Å²) in [5, 5.41) is 12.7. The van der Waals surface area contributed by atoms with Crippen molar-refractivity contribution in [1.29, 1.82) is 0 Å². The van der Waals surface area contributed by atoms with Crippen molar-refractivity contribution in [3.63, 3.8) is 0 Å². The van der Waals surface area contributed by atoms with Crippen LogP contribution in [0.15, 0.2) is 67.3 Å². The van der Waals surface area contributed by atoms with E-state index < -0.39 is 5.41 Å². The van der Waals surface area contributed by atoms with E-state index in [4.69, 9.17) is 9.47 Å². The zero-order valence-corrected chi connectivity index (χ0v) is 17.3. The van der Waals surface area contributed by atoms with Crippen molar-refractivity contribution in [3.05, 3.63) is 78.4 Å². The van der Waals surface area contributed by atoms with E-state index in [1.54, 1.807) is 24.3 Å². The summed E-state index contributed by atoms with van der Waals surface area (Å²) in [6.45, 7) is 3.87. The predicted molar refractivity (Wildman–Crippen MR) is 116 cm³/mol. The quantitative estimate of drug-likeness (QED) is 0.414. The number of rotatable bonds is 12. The maximum Gasteiger partial charge on any atom is 0.306 e. The third-order valence-corrected chi connectivity index (χ3v) is 5.09. The van der Waals surface area contributed by atoms with Gasteiger partial charge in [-0.05, 0) is 30.5 Å². The minimum absolute atomic E-state index is 0.0822. The number of esters is 1. The van der Waals surface area contributed by atoms with Crippen molar-refractivity contribution in [2.75, 3.05) is 26.9 Å². The molecule has 0 spiro atoms. The molecule has 2 N–H and O–H groups in total. The van der Waals surface area contributed by atoms with Gasteiger partial charge in [-0.15, -0.1) is 0 Å². The molecule has 0 bridgehead atoms. The lowest BCUT2D eigenvalue weighted by molar-refractivity contribution is -0.142. The highest BCUT2D eigenvalue weighted by Gasteiger charge is 2.33. The number of hydrogen-bond acceptors (Lipinski definition) is 5. The number of para-hydroxylation sites is 1. The number of nitrogens with one attached hydrogen (secondary N) is 1. The van der Waals surface area contributed by atoms with Gasteiger partial charge >= 0.3 is 5.97 Å². The lowest BCUT2D eigenvalue weighted by Crippen LogP contribution is -2.42. The Balaban J connectivity index is 2.24. The molecular formula is C24H29NO5. The van der Waals surface area contributed by atoms with Gasteiger partial charge in [0.05, 0.1) is 12.7 Å². The van der Waals surface area contributed by atoms with Crippen LogP contribution in [-0.2, 0) is 14.9 Å². The molecule has 1 atom stereocenters. The molecule has 0 radical (unpaired) electrons. The highest BCUT2D eigenvalue weighted by molar-refractivity contribution is 5.97. The van der Waals surface area contributed by atoms with Crippen molar-refractivity contribution in [3.8, 4) is 5.75 Å². The molecule has 1 amide bonds. The first-order valence-electron chi connectivity index (χ1n) is 9.90. The van der Waals surface area contributed by atoms with Crippen LogP contribution in [0, 0.1) is 0 Å². The summed E-state index contributed by atoms with van der Waals surface area (Å²) < 4.78 is 10.4. The number of aliphatic hydroxyl groups is 1. The number of amides is 1. The van der Waals surface area contributed by atoms with E-state index in [9.17, 15) is 14.7 Å². The lowest BCUT2D eigenvalue weighted by atomic mass is 9.74. The van der Waals surface area contributed by atoms with Gasteiger partial charge in [-0.3, -0.25) is 9.59 Å². The molecule has 2 aromatic carbocycles. The first-order chi connectivity index (χ1) is 14.6. The molecular weight excluding hydrogens is 382 g/mol. The molecule has 2 aromatic rings. The Morgan fingerprint density at radius 3 is 2.47 bits per heavy atom. The summed E-state index contributed by atoms with van der Waals surface area (Å²) in [5.74, 6) is -0.139.